The van der Waals surface area contributed by atoms with Crippen LogP contribution in [0.2, 0.25) is 0 Å². The summed E-state index contributed by atoms with van der Waals surface area (Å²) in [5, 5.41) is 7.26. The highest BCUT2D eigenvalue weighted by molar-refractivity contribution is 5.78. The van der Waals surface area contributed by atoms with E-state index in [9.17, 15) is 19.2 Å². The van der Waals surface area contributed by atoms with Crippen LogP contribution in [0.3, 0.4) is 0 Å². The number of nitrogen functional groups attached to an aromatic ring is 1. The second kappa shape index (κ2) is 29.2. The number of nitrogens with zero attached hydrogens (tertiary/aromatic N) is 5. The van der Waals surface area contributed by atoms with Gasteiger partial charge in [0.05, 0.1) is 56.7 Å². The Morgan fingerprint density at radius 1 is 0.461 bits per heavy atom. The summed E-state index contributed by atoms with van der Waals surface area (Å²) in [5.74, 6) is 4.87. The molecule has 3 aromatic heterocycles. The molecule has 17 rings (SSSR count). The van der Waals surface area contributed by atoms with Gasteiger partial charge in [0.25, 0.3) is 0 Å². The van der Waals surface area contributed by atoms with E-state index >= 15 is 0 Å². The van der Waals surface area contributed by atoms with Crippen LogP contribution in [0.4, 0.5) is 38.9 Å². The third-order valence-electron chi connectivity index (χ3n) is 19.7. The number of likely N-dealkylation sites (N-methyl/N-ethyl adjacent to an activating group) is 1. The molecule has 22 heteroatoms. The topological polar surface area (TPSA) is 247 Å². The van der Waals surface area contributed by atoms with Gasteiger partial charge < -0.3 is 89.0 Å². The molecule has 0 spiro atoms. The van der Waals surface area contributed by atoms with Gasteiger partial charge in [-0.2, -0.15) is 0 Å². The standard InChI is InChI=1S/C31H36N4O5.C27H30N4O3.C22H21N3O3/c1-31(2,3)40-30(37)35-10-9-23(19-35)32-22-7-8-27-21(16-22)15-20-5-4-6-25(29(20)39-27)26-17-24(18-28(36)33-26)34-11-13-38-14-12-34;1-30-8-7-21(17-30)28-20-5-6-25-19(14-20)13-18-3-2-4-23(27(18)34-25)24-15-22(16-26(32)29-24)31-9-11-33-12-10-31;23-16-4-5-20-15(11-16)10-14-2-1-3-18(22(14)28-20)19-12-17(13-21(26)24-19)25-6-8-27-9-7-25/h4-8,16-18,23,32H,9-15,19H2,1-3H3,(H,33,36);2-6,14-16,21,28H,7-13,17H2,1H3,(H,29,32);1-5,11-13H,6-10,23H2,(H,24,26). The molecule has 2 unspecified atom stereocenters. The van der Waals surface area contributed by atoms with Crippen molar-refractivity contribution in [1.82, 2.24) is 24.8 Å². The van der Waals surface area contributed by atoms with Gasteiger partial charge in [-0.1, -0.05) is 36.4 Å². The molecule has 1 amide bonds. The van der Waals surface area contributed by atoms with Crippen molar-refractivity contribution in [2.24, 2.45) is 0 Å². The summed E-state index contributed by atoms with van der Waals surface area (Å²) >= 11 is 0. The number of anilines is 6. The third kappa shape index (κ3) is 15.4. The van der Waals surface area contributed by atoms with Gasteiger partial charge >= 0.3 is 6.09 Å². The number of carbonyl (C=O) groups excluding carboxylic acids is 1. The van der Waals surface area contributed by atoms with Gasteiger partial charge in [0.2, 0.25) is 16.7 Å². The molecule has 7 N–H and O–H groups in total. The predicted molar refractivity (Wildman–Crippen MR) is 398 cm³/mol. The van der Waals surface area contributed by atoms with Gasteiger partial charge in [-0.15, -0.1) is 0 Å². The summed E-state index contributed by atoms with van der Waals surface area (Å²) in [6.45, 7) is 17.8. The van der Waals surface area contributed by atoms with Crippen molar-refractivity contribution in [2.75, 3.05) is 143 Å². The molecule has 2 atom stereocenters. The number of fused-ring (bicyclic) bond motifs is 6. The number of hydrogen-bond donors (Lipinski definition) is 6. The van der Waals surface area contributed by atoms with E-state index in [-0.39, 0.29) is 28.8 Å². The molecule has 5 fully saturated rings. The van der Waals surface area contributed by atoms with Crippen molar-refractivity contribution in [3.63, 3.8) is 0 Å². The van der Waals surface area contributed by atoms with Crippen LogP contribution < -0.4 is 62.0 Å². The van der Waals surface area contributed by atoms with E-state index in [2.05, 4.69) is 94.7 Å². The van der Waals surface area contributed by atoms with Crippen LogP contribution in [-0.4, -0.2) is 161 Å². The van der Waals surface area contributed by atoms with Crippen molar-refractivity contribution in [2.45, 2.75) is 70.6 Å². The first-order valence-electron chi connectivity index (χ1n) is 35.5. The maximum Gasteiger partial charge on any atom is 0.410 e. The van der Waals surface area contributed by atoms with E-state index in [4.69, 9.17) is 38.9 Å². The Kier molecular flexibility index (Phi) is 19.3. The normalized spacial score (nSPS) is 18.2. The van der Waals surface area contributed by atoms with Crippen molar-refractivity contribution in [1.29, 1.82) is 0 Å². The molecule has 102 heavy (non-hydrogen) atoms. The molecule has 8 aliphatic heterocycles. The minimum Gasteiger partial charge on any atom is -0.456 e. The van der Waals surface area contributed by atoms with E-state index in [1.807, 2.05) is 106 Å². The number of pyridine rings is 3. The minimum absolute atomic E-state index is 0.110. The van der Waals surface area contributed by atoms with Crippen molar-refractivity contribution in [3.05, 3.63) is 210 Å². The zero-order valence-electron chi connectivity index (χ0n) is 58.2. The molecule has 5 saturated heterocycles. The highest BCUT2D eigenvalue weighted by Crippen LogP contribution is 2.47. The van der Waals surface area contributed by atoms with Crippen molar-refractivity contribution >= 4 is 40.2 Å². The Morgan fingerprint density at radius 2 is 0.843 bits per heavy atom. The lowest BCUT2D eigenvalue weighted by Gasteiger charge is -2.29. The number of para-hydroxylation sites is 3. The number of likely N-dealkylation sites (tertiary alicyclic amines) is 2. The van der Waals surface area contributed by atoms with Crippen molar-refractivity contribution < 1.29 is 38.0 Å². The fraction of sp³-hybridized carbons (Fsp3) is 0.350. The number of nitrogens with two attached hydrogens (primary N) is 1. The van der Waals surface area contributed by atoms with Gasteiger partial charge in [-0.3, -0.25) is 14.4 Å². The maximum atomic E-state index is 12.6. The van der Waals surface area contributed by atoms with Gasteiger partial charge in [-0.05, 0) is 155 Å². The number of nitrogens with one attached hydrogen (secondary N) is 5. The number of H-pyrrole nitrogens is 3. The minimum atomic E-state index is -0.502. The average Bonchev–Trinajstić information content (AvgIpc) is 0.859. The second-order valence-corrected chi connectivity index (χ2v) is 28.3. The Labute approximate surface area is 592 Å². The zero-order chi connectivity index (χ0) is 70.0. The number of amides is 1. The lowest BCUT2D eigenvalue weighted by atomic mass is 9.96. The molecule has 11 heterocycles. The second-order valence-electron chi connectivity index (χ2n) is 28.3. The van der Waals surface area contributed by atoms with E-state index in [0.717, 1.165) is 215 Å². The van der Waals surface area contributed by atoms with Crippen LogP contribution in [0.25, 0.3) is 33.8 Å². The Balaban J connectivity index is 0.000000126. The molecule has 9 aromatic rings. The molecule has 6 aromatic carbocycles. The first-order valence-corrected chi connectivity index (χ1v) is 35.5. The van der Waals surface area contributed by atoms with E-state index in [1.54, 1.807) is 23.1 Å². The SMILES string of the molecule is CC(C)(C)OC(=O)N1CCC(Nc2ccc3c(c2)Cc2cccc(-c4cc(N5CCOCC5)cc(=O)[nH]4)c2O3)C1.CN1CCC(Nc2ccc3c(c2)Cc2cccc(-c4cc(N5CCOCC5)cc(=O)[nH]4)c2O3)C1.Nc1ccc2c(c1)Cc1cccc(-c3cc(N4CCOCC4)cc(=O)[nH]3)c1O2. The third-order valence-corrected chi connectivity index (χ3v) is 19.7. The van der Waals surface area contributed by atoms with Gasteiger partial charge in [0.15, 0.2) is 0 Å². The zero-order valence-corrected chi connectivity index (χ0v) is 58.2. The summed E-state index contributed by atoms with van der Waals surface area (Å²) in [5.41, 5.74) is 22.2. The largest absolute Gasteiger partial charge is 0.456 e. The summed E-state index contributed by atoms with van der Waals surface area (Å²) in [4.78, 5) is 69.6. The van der Waals surface area contributed by atoms with E-state index < -0.39 is 5.60 Å². The van der Waals surface area contributed by atoms with Crippen LogP contribution >= 0.6 is 0 Å². The summed E-state index contributed by atoms with van der Waals surface area (Å²) in [7, 11) is 2.17. The lowest BCUT2D eigenvalue weighted by Crippen LogP contribution is -2.36. The summed E-state index contributed by atoms with van der Waals surface area (Å²) in [6, 6.07) is 48.2. The van der Waals surface area contributed by atoms with Crippen LogP contribution in [0, 0.1) is 0 Å². The van der Waals surface area contributed by atoms with Gasteiger partial charge in [0.1, 0.15) is 40.1 Å². The Bertz CT molecular complexity index is 4780. The Hall–Kier alpha value is -10.5. The smallest absolute Gasteiger partial charge is 0.410 e. The maximum absolute atomic E-state index is 12.6. The van der Waals surface area contributed by atoms with Gasteiger partial charge in [0, 0.05) is 176 Å². The molecular formula is C80H87N11O11. The predicted octanol–water partition coefficient (Wildman–Crippen LogP) is 11.8. The highest BCUT2D eigenvalue weighted by atomic mass is 16.6. The molecule has 22 nitrogen and oxygen atoms in total. The number of carbonyl (C=O) groups is 1. The number of benzene rings is 6. The molecule has 0 aliphatic carbocycles. The van der Waals surface area contributed by atoms with Gasteiger partial charge in [-0.25, -0.2) is 4.79 Å². The Morgan fingerprint density at radius 3 is 1.24 bits per heavy atom. The van der Waals surface area contributed by atoms with E-state index in [0.29, 0.717) is 58.8 Å². The quantitative estimate of drug-likeness (QED) is 0.0697. The first-order chi connectivity index (χ1) is 49.5. The van der Waals surface area contributed by atoms with Crippen LogP contribution in [0.1, 0.15) is 67.0 Å². The molecular weight excluding hydrogens is 1290 g/mol. The van der Waals surface area contributed by atoms with Crippen LogP contribution in [-0.2, 0) is 38.2 Å². The summed E-state index contributed by atoms with van der Waals surface area (Å²) in [6.07, 6.45) is 4.03. The average molecular weight is 1380 g/mol. The summed E-state index contributed by atoms with van der Waals surface area (Å²) < 4.78 is 41.0. The fourth-order valence-electron chi connectivity index (χ4n) is 14.7. The number of hydrogen-bond acceptors (Lipinski definition) is 18. The number of morpholine rings is 3. The van der Waals surface area contributed by atoms with Crippen LogP contribution in [0.15, 0.2) is 160 Å². The number of aromatic nitrogens is 3. The molecule has 0 radical (unpaired) electrons. The molecule has 0 saturated carbocycles. The van der Waals surface area contributed by atoms with Crippen LogP contribution in [0.5, 0.6) is 34.5 Å². The van der Waals surface area contributed by atoms with Crippen molar-refractivity contribution in [3.8, 4) is 68.3 Å². The lowest BCUT2D eigenvalue weighted by molar-refractivity contribution is 0.0293. The highest BCUT2D eigenvalue weighted by Gasteiger charge is 2.32. The molecule has 0 bridgehead atoms. The number of aromatic amines is 3. The number of rotatable bonds is 10. The fourth-order valence-corrected chi connectivity index (χ4v) is 14.7. The van der Waals surface area contributed by atoms with E-state index in [1.165, 1.54) is 5.56 Å². The number of ether oxygens (including phenoxy) is 7. The monoisotopic (exact) mass is 1380 g/mol. The molecule has 528 valence electrons. The molecule has 8 aliphatic rings. The first kappa shape index (κ1) is 67.3.